The Morgan fingerprint density at radius 1 is 1.21 bits per heavy atom. The Hall–Kier alpha value is -3.59. The maximum Gasteiger partial charge on any atom is 0.337 e. The molecule has 4 rings (SSSR count). The molecular formula is C19H15N5O3S. The molecule has 0 bridgehead atoms. The van der Waals surface area contributed by atoms with E-state index in [1.807, 2.05) is 12.1 Å². The van der Waals surface area contributed by atoms with Gasteiger partial charge >= 0.3 is 5.97 Å². The van der Waals surface area contributed by atoms with Crippen molar-refractivity contribution in [3.8, 4) is 0 Å². The Morgan fingerprint density at radius 3 is 2.96 bits per heavy atom. The summed E-state index contributed by atoms with van der Waals surface area (Å²) in [5.74, 6) is -0.691. The number of rotatable bonds is 5. The second kappa shape index (κ2) is 7.57. The minimum atomic E-state index is -0.374. The van der Waals surface area contributed by atoms with E-state index >= 15 is 0 Å². The van der Waals surface area contributed by atoms with Gasteiger partial charge < -0.3 is 4.74 Å². The lowest BCUT2D eigenvalue weighted by Gasteiger charge is -2.02. The van der Waals surface area contributed by atoms with Crippen LogP contribution in [0.25, 0.3) is 5.65 Å². The Kier molecular flexibility index (Phi) is 4.81. The van der Waals surface area contributed by atoms with E-state index in [9.17, 15) is 9.59 Å². The van der Waals surface area contributed by atoms with E-state index in [1.54, 1.807) is 36.8 Å². The van der Waals surface area contributed by atoms with Crippen LogP contribution in [0.2, 0.25) is 0 Å². The molecule has 0 unspecified atom stereocenters. The number of amides is 1. The number of ether oxygens (including phenoxy) is 1. The number of benzene rings is 1. The number of carbonyl (C=O) groups is 2. The Balaban J connectivity index is 1.47. The van der Waals surface area contributed by atoms with Crippen LogP contribution in [-0.2, 0) is 11.2 Å². The molecule has 0 spiro atoms. The summed E-state index contributed by atoms with van der Waals surface area (Å²) in [7, 11) is 1.35. The van der Waals surface area contributed by atoms with Gasteiger partial charge in [0.1, 0.15) is 5.56 Å². The van der Waals surface area contributed by atoms with Crippen molar-refractivity contribution >= 4 is 34.0 Å². The van der Waals surface area contributed by atoms with Gasteiger partial charge in [-0.15, -0.1) is 11.3 Å². The van der Waals surface area contributed by atoms with Gasteiger partial charge in [-0.1, -0.05) is 12.1 Å². The normalized spacial score (nSPS) is 10.8. The number of hydrogen-bond donors (Lipinski definition) is 1. The minimum absolute atomic E-state index is 0.317. The molecule has 0 radical (unpaired) electrons. The maximum atomic E-state index is 12.5. The van der Waals surface area contributed by atoms with Gasteiger partial charge in [-0.05, 0) is 23.8 Å². The van der Waals surface area contributed by atoms with Crippen LogP contribution < -0.4 is 5.32 Å². The predicted octanol–water partition coefficient (Wildman–Crippen LogP) is 2.82. The zero-order valence-corrected chi connectivity index (χ0v) is 15.6. The third kappa shape index (κ3) is 3.60. The van der Waals surface area contributed by atoms with Crippen molar-refractivity contribution in [3.05, 3.63) is 76.7 Å². The number of methoxy groups -OCH3 is 1. The summed E-state index contributed by atoms with van der Waals surface area (Å²) < 4.78 is 6.29. The third-order valence-corrected chi connectivity index (χ3v) is 4.94. The summed E-state index contributed by atoms with van der Waals surface area (Å²) >= 11 is 1.37. The molecule has 3 aromatic heterocycles. The van der Waals surface area contributed by atoms with Crippen LogP contribution in [0, 0.1) is 0 Å². The molecule has 140 valence electrons. The number of anilines is 1. The second-order valence-corrected chi connectivity index (χ2v) is 7.02. The molecule has 1 aromatic carbocycles. The van der Waals surface area contributed by atoms with E-state index in [4.69, 9.17) is 4.74 Å². The van der Waals surface area contributed by atoms with Crippen molar-refractivity contribution in [2.75, 3.05) is 12.4 Å². The van der Waals surface area contributed by atoms with Crippen molar-refractivity contribution in [2.45, 2.75) is 6.42 Å². The summed E-state index contributed by atoms with van der Waals surface area (Å²) in [6.07, 6.45) is 7.11. The van der Waals surface area contributed by atoms with Crippen LogP contribution in [0.15, 0.2) is 55.1 Å². The lowest BCUT2D eigenvalue weighted by molar-refractivity contribution is 0.0600. The van der Waals surface area contributed by atoms with E-state index in [-0.39, 0.29) is 11.9 Å². The van der Waals surface area contributed by atoms with Gasteiger partial charge in [-0.2, -0.15) is 5.10 Å². The van der Waals surface area contributed by atoms with Crippen molar-refractivity contribution in [2.24, 2.45) is 0 Å². The number of hydrogen-bond acceptors (Lipinski definition) is 7. The highest BCUT2D eigenvalue weighted by atomic mass is 32.1. The lowest BCUT2D eigenvalue weighted by atomic mass is 10.1. The fraction of sp³-hybridized carbons (Fsp3) is 0.105. The first kappa shape index (κ1) is 17.8. The largest absolute Gasteiger partial charge is 0.465 e. The smallest absolute Gasteiger partial charge is 0.337 e. The SMILES string of the molecule is COC(=O)c1cccc(Cc2cnc(NC(=O)c3cnn4cccnc34)s2)c1. The molecule has 28 heavy (non-hydrogen) atoms. The fourth-order valence-corrected chi connectivity index (χ4v) is 3.57. The first-order valence-electron chi connectivity index (χ1n) is 8.35. The second-order valence-electron chi connectivity index (χ2n) is 5.90. The number of nitrogens with one attached hydrogen (secondary N) is 1. The molecular weight excluding hydrogens is 378 g/mol. The van der Waals surface area contributed by atoms with Crippen LogP contribution in [0.1, 0.15) is 31.2 Å². The van der Waals surface area contributed by atoms with Crippen molar-refractivity contribution < 1.29 is 14.3 Å². The van der Waals surface area contributed by atoms with E-state index < -0.39 is 0 Å². The molecule has 1 amide bonds. The molecule has 3 heterocycles. The van der Waals surface area contributed by atoms with Crippen molar-refractivity contribution in [1.29, 1.82) is 0 Å². The van der Waals surface area contributed by atoms with Crippen LogP contribution >= 0.6 is 11.3 Å². The Morgan fingerprint density at radius 2 is 2.11 bits per heavy atom. The molecule has 0 saturated carbocycles. The monoisotopic (exact) mass is 393 g/mol. The highest BCUT2D eigenvalue weighted by molar-refractivity contribution is 7.15. The van der Waals surface area contributed by atoms with Gasteiger partial charge in [0.25, 0.3) is 5.91 Å². The summed E-state index contributed by atoms with van der Waals surface area (Å²) in [6, 6.07) is 8.97. The first-order chi connectivity index (χ1) is 13.6. The Labute approximate surface area is 163 Å². The number of thiazole rings is 1. The molecule has 0 saturated heterocycles. The Bertz CT molecular complexity index is 1170. The number of aromatic nitrogens is 4. The molecule has 0 fully saturated rings. The molecule has 9 heteroatoms. The molecule has 1 N–H and O–H groups in total. The molecule has 0 aliphatic rings. The third-order valence-electron chi connectivity index (χ3n) is 4.02. The minimum Gasteiger partial charge on any atom is -0.465 e. The molecule has 0 aliphatic carbocycles. The summed E-state index contributed by atoms with van der Waals surface area (Å²) in [6.45, 7) is 0. The average Bonchev–Trinajstić information content (AvgIpc) is 3.34. The predicted molar refractivity (Wildman–Crippen MR) is 104 cm³/mol. The van der Waals surface area contributed by atoms with Crippen molar-refractivity contribution in [1.82, 2.24) is 19.6 Å². The average molecular weight is 393 g/mol. The van der Waals surface area contributed by atoms with Gasteiger partial charge in [0.15, 0.2) is 10.8 Å². The standard InChI is InChI=1S/C19H15N5O3S/c1-27-18(26)13-5-2-4-12(8-13)9-14-10-21-19(28-14)23-17(25)15-11-22-24-7-3-6-20-16(15)24/h2-8,10-11H,9H2,1H3,(H,21,23,25). The van der Waals surface area contributed by atoms with Crippen LogP contribution in [-0.4, -0.2) is 38.6 Å². The van der Waals surface area contributed by atoms with Crippen molar-refractivity contribution in [3.63, 3.8) is 0 Å². The van der Waals surface area contributed by atoms with Crippen LogP contribution in [0.4, 0.5) is 5.13 Å². The summed E-state index contributed by atoms with van der Waals surface area (Å²) in [5, 5.41) is 7.38. The van der Waals surface area contributed by atoms with E-state index in [1.165, 1.54) is 29.2 Å². The zero-order chi connectivity index (χ0) is 19.5. The van der Waals surface area contributed by atoms with Crippen LogP contribution in [0.3, 0.4) is 0 Å². The first-order valence-corrected chi connectivity index (χ1v) is 9.17. The summed E-state index contributed by atoms with van der Waals surface area (Å²) in [5.41, 5.74) is 2.31. The van der Waals surface area contributed by atoms with E-state index in [0.717, 1.165) is 10.4 Å². The van der Waals surface area contributed by atoms with Gasteiger partial charge in [-0.3, -0.25) is 10.1 Å². The summed E-state index contributed by atoms with van der Waals surface area (Å²) in [4.78, 5) is 33.6. The van der Waals surface area contributed by atoms with Gasteiger partial charge in [0.2, 0.25) is 0 Å². The maximum absolute atomic E-state index is 12.5. The molecule has 0 aliphatic heterocycles. The molecule has 8 nitrogen and oxygen atoms in total. The van der Waals surface area contributed by atoms with Crippen LogP contribution in [0.5, 0.6) is 0 Å². The van der Waals surface area contributed by atoms with E-state index in [2.05, 4.69) is 20.4 Å². The van der Waals surface area contributed by atoms with Gasteiger partial charge in [-0.25, -0.2) is 19.3 Å². The quantitative estimate of drug-likeness (QED) is 0.524. The highest BCUT2D eigenvalue weighted by Gasteiger charge is 2.15. The number of fused-ring (bicyclic) bond motifs is 1. The molecule has 4 aromatic rings. The van der Waals surface area contributed by atoms with Gasteiger partial charge in [0.05, 0.1) is 18.9 Å². The van der Waals surface area contributed by atoms with Gasteiger partial charge in [0, 0.05) is 29.9 Å². The number of esters is 1. The number of carbonyl (C=O) groups excluding carboxylic acids is 2. The zero-order valence-electron chi connectivity index (χ0n) is 14.8. The topological polar surface area (TPSA) is 98.5 Å². The fourth-order valence-electron chi connectivity index (χ4n) is 2.73. The van der Waals surface area contributed by atoms with E-state index in [0.29, 0.717) is 28.3 Å². The number of nitrogens with zero attached hydrogens (tertiary/aromatic N) is 4. The highest BCUT2D eigenvalue weighted by Crippen LogP contribution is 2.22. The lowest BCUT2D eigenvalue weighted by Crippen LogP contribution is -2.11. The molecule has 0 atom stereocenters.